The van der Waals surface area contributed by atoms with Crippen molar-refractivity contribution in [2.75, 3.05) is 12.9 Å². The summed E-state index contributed by atoms with van der Waals surface area (Å²) < 4.78 is 7.41. The Balaban J connectivity index is 2.09. The smallest absolute Gasteiger partial charge is 0.135 e. The number of thioether (sulfide) groups is 1. The van der Waals surface area contributed by atoms with E-state index in [0.29, 0.717) is 5.25 Å². The topological polar surface area (TPSA) is 26.5 Å². The van der Waals surface area contributed by atoms with Crippen molar-refractivity contribution in [1.82, 2.24) is 9.38 Å². The number of aromatic nitrogens is 2. The number of imidazole rings is 1. The molecule has 3 rings (SSSR count). The van der Waals surface area contributed by atoms with Crippen molar-refractivity contribution in [3.8, 4) is 5.75 Å². The Kier molecular flexibility index (Phi) is 2.52. The molecule has 1 unspecified atom stereocenters. The van der Waals surface area contributed by atoms with Crippen LogP contribution in [0, 0.1) is 0 Å². The van der Waals surface area contributed by atoms with Crippen molar-refractivity contribution in [2.24, 2.45) is 0 Å². The molecule has 1 fully saturated rings. The molecule has 2 aromatic heterocycles. The number of methoxy groups -OCH3 is 1. The quantitative estimate of drug-likeness (QED) is 0.799. The molecule has 0 spiro atoms. The molecule has 1 saturated heterocycles. The average Bonchev–Trinajstić information content (AvgIpc) is 2.96. The first kappa shape index (κ1) is 10.0. The maximum atomic E-state index is 5.25. The predicted octanol–water partition coefficient (Wildman–Crippen LogP) is 2.91. The summed E-state index contributed by atoms with van der Waals surface area (Å²) in [4.78, 5) is 4.54. The molecule has 0 aliphatic carbocycles. The molecule has 0 radical (unpaired) electrons. The minimum absolute atomic E-state index is 0.551. The highest BCUT2D eigenvalue weighted by Crippen LogP contribution is 2.39. The normalized spacial score (nSPS) is 20.4. The number of pyridine rings is 1. The van der Waals surface area contributed by atoms with Crippen LogP contribution in [0.5, 0.6) is 5.75 Å². The first-order valence-corrected chi connectivity index (χ1v) is 6.56. The van der Waals surface area contributed by atoms with E-state index >= 15 is 0 Å². The van der Waals surface area contributed by atoms with Crippen LogP contribution < -0.4 is 4.74 Å². The van der Waals surface area contributed by atoms with Crippen LogP contribution >= 0.6 is 11.8 Å². The Morgan fingerprint density at radius 2 is 2.44 bits per heavy atom. The average molecular weight is 234 g/mol. The van der Waals surface area contributed by atoms with Gasteiger partial charge in [0, 0.05) is 0 Å². The monoisotopic (exact) mass is 234 g/mol. The zero-order valence-corrected chi connectivity index (χ0v) is 10.0. The lowest BCUT2D eigenvalue weighted by molar-refractivity contribution is 0.412. The zero-order chi connectivity index (χ0) is 11.0. The van der Waals surface area contributed by atoms with Crippen LogP contribution in [0.2, 0.25) is 0 Å². The fourth-order valence-electron chi connectivity index (χ4n) is 2.13. The van der Waals surface area contributed by atoms with Crippen molar-refractivity contribution in [2.45, 2.75) is 18.1 Å². The molecule has 1 atom stereocenters. The molecular formula is C12H14N2OS. The van der Waals surface area contributed by atoms with Gasteiger partial charge in [-0.2, -0.15) is 11.8 Å². The summed E-state index contributed by atoms with van der Waals surface area (Å²) in [5.74, 6) is 3.30. The lowest BCUT2D eigenvalue weighted by Crippen LogP contribution is -1.98. The minimum atomic E-state index is 0.551. The molecule has 0 bridgehead atoms. The molecule has 84 valence electrons. The van der Waals surface area contributed by atoms with Crippen LogP contribution in [0.1, 0.15) is 23.9 Å². The Morgan fingerprint density at radius 3 is 3.19 bits per heavy atom. The van der Waals surface area contributed by atoms with Gasteiger partial charge in [0.25, 0.3) is 0 Å². The van der Waals surface area contributed by atoms with Crippen molar-refractivity contribution >= 4 is 17.3 Å². The highest BCUT2D eigenvalue weighted by molar-refractivity contribution is 7.99. The number of fused-ring (bicyclic) bond motifs is 1. The maximum Gasteiger partial charge on any atom is 0.135 e. The lowest BCUT2D eigenvalue weighted by Gasteiger charge is -2.08. The van der Waals surface area contributed by atoms with Gasteiger partial charge in [-0.1, -0.05) is 0 Å². The number of nitrogens with zero attached hydrogens (tertiary/aromatic N) is 2. The zero-order valence-electron chi connectivity index (χ0n) is 9.22. The predicted molar refractivity (Wildman–Crippen MR) is 66.2 cm³/mol. The maximum absolute atomic E-state index is 5.25. The Bertz CT molecular complexity index is 503. The van der Waals surface area contributed by atoms with Gasteiger partial charge in [0.05, 0.1) is 30.3 Å². The van der Waals surface area contributed by atoms with E-state index in [1.807, 2.05) is 30.2 Å². The Hall–Kier alpha value is -1.16. The van der Waals surface area contributed by atoms with E-state index in [1.165, 1.54) is 18.6 Å². The third-order valence-corrected chi connectivity index (χ3v) is 4.36. The molecule has 0 saturated carbocycles. The Labute approximate surface area is 98.8 Å². The largest absolute Gasteiger partial charge is 0.495 e. The molecular weight excluding hydrogens is 220 g/mol. The first-order chi connectivity index (χ1) is 7.88. The van der Waals surface area contributed by atoms with Gasteiger partial charge in [-0.15, -0.1) is 0 Å². The number of hydrogen-bond acceptors (Lipinski definition) is 3. The third kappa shape index (κ3) is 1.57. The fraction of sp³-hybridized carbons (Fsp3) is 0.417. The third-order valence-electron chi connectivity index (χ3n) is 2.98. The summed E-state index contributed by atoms with van der Waals surface area (Å²) in [5, 5.41) is 0.551. The summed E-state index contributed by atoms with van der Waals surface area (Å²) in [7, 11) is 1.70. The van der Waals surface area contributed by atoms with E-state index in [1.54, 1.807) is 7.11 Å². The van der Waals surface area contributed by atoms with Crippen molar-refractivity contribution in [3.63, 3.8) is 0 Å². The lowest BCUT2D eigenvalue weighted by atomic mass is 10.2. The van der Waals surface area contributed by atoms with Gasteiger partial charge in [-0.3, -0.25) is 4.40 Å². The summed E-state index contributed by atoms with van der Waals surface area (Å²) in [6.07, 6.45) is 6.50. The van der Waals surface area contributed by atoms with Crippen LogP contribution in [-0.4, -0.2) is 22.2 Å². The van der Waals surface area contributed by atoms with Crippen LogP contribution in [0.4, 0.5) is 0 Å². The molecule has 2 aromatic rings. The van der Waals surface area contributed by atoms with E-state index < -0.39 is 0 Å². The first-order valence-electron chi connectivity index (χ1n) is 5.51. The molecule has 0 N–H and O–H groups in total. The van der Waals surface area contributed by atoms with Gasteiger partial charge in [0.1, 0.15) is 11.6 Å². The second-order valence-corrected chi connectivity index (χ2v) is 5.29. The van der Waals surface area contributed by atoms with Gasteiger partial charge in [-0.05, 0) is 30.7 Å². The number of ether oxygens (including phenoxy) is 1. The highest BCUT2D eigenvalue weighted by atomic mass is 32.2. The van der Waals surface area contributed by atoms with Gasteiger partial charge in [-0.25, -0.2) is 4.98 Å². The summed E-state index contributed by atoms with van der Waals surface area (Å²) >= 11 is 2.00. The molecule has 0 aromatic carbocycles. The van der Waals surface area contributed by atoms with Gasteiger partial charge < -0.3 is 4.74 Å². The SMILES string of the molecule is COc1ccc2cnc(C3CCCS3)n2c1. The second-order valence-electron chi connectivity index (χ2n) is 3.98. The minimum Gasteiger partial charge on any atom is -0.495 e. The van der Waals surface area contributed by atoms with E-state index in [4.69, 9.17) is 4.74 Å². The van der Waals surface area contributed by atoms with Crippen LogP contribution in [0.15, 0.2) is 24.5 Å². The second kappa shape index (κ2) is 4.01. The summed E-state index contributed by atoms with van der Waals surface area (Å²) in [6, 6.07) is 4.03. The molecule has 1 aliphatic heterocycles. The standard InChI is InChI=1S/C12H14N2OS/c1-15-10-5-4-9-7-13-12(14(9)8-10)11-3-2-6-16-11/h4-5,7-8,11H,2-3,6H2,1H3. The molecule has 3 heterocycles. The number of hydrogen-bond donors (Lipinski definition) is 0. The van der Waals surface area contributed by atoms with Crippen molar-refractivity contribution in [3.05, 3.63) is 30.4 Å². The summed E-state index contributed by atoms with van der Waals surface area (Å²) in [5.41, 5.74) is 1.14. The van der Waals surface area contributed by atoms with E-state index in [9.17, 15) is 0 Å². The van der Waals surface area contributed by atoms with Crippen molar-refractivity contribution < 1.29 is 4.74 Å². The molecule has 4 heteroatoms. The molecule has 0 amide bonds. The highest BCUT2D eigenvalue weighted by Gasteiger charge is 2.21. The molecule has 3 nitrogen and oxygen atoms in total. The fourth-order valence-corrected chi connectivity index (χ4v) is 3.41. The molecule has 16 heavy (non-hydrogen) atoms. The van der Waals surface area contributed by atoms with E-state index in [2.05, 4.69) is 15.5 Å². The van der Waals surface area contributed by atoms with Gasteiger partial charge in [0.15, 0.2) is 0 Å². The summed E-state index contributed by atoms with van der Waals surface area (Å²) in [6.45, 7) is 0. The van der Waals surface area contributed by atoms with Crippen LogP contribution in [0.3, 0.4) is 0 Å². The van der Waals surface area contributed by atoms with Gasteiger partial charge in [0.2, 0.25) is 0 Å². The van der Waals surface area contributed by atoms with E-state index in [0.717, 1.165) is 17.1 Å². The van der Waals surface area contributed by atoms with Crippen molar-refractivity contribution in [1.29, 1.82) is 0 Å². The number of rotatable bonds is 2. The Morgan fingerprint density at radius 1 is 1.50 bits per heavy atom. The van der Waals surface area contributed by atoms with E-state index in [-0.39, 0.29) is 0 Å². The van der Waals surface area contributed by atoms with Crippen LogP contribution in [0.25, 0.3) is 5.52 Å². The molecule has 1 aliphatic rings. The van der Waals surface area contributed by atoms with Crippen LogP contribution in [-0.2, 0) is 0 Å². The van der Waals surface area contributed by atoms with Gasteiger partial charge >= 0.3 is 0 Å².